The van der Waals surface area contributed by atoms with Gasteiger partial charge in [-0.1, -0.05) is 51.1 Å². The summed E-state index contributed by atoms with van der Waals surface area (Å²) in [4.78, 5) is 25.1. The lowest BCUT2D eigenvalue weighted by atomic mass is 9.87. The number of amides is 1. The predicted molar refractivity (Wildman–Crippen MR) is 173 cm³/mol. The molecule has 10 nitrogen and oxygen atoms in total. The van der Waals surface area contributed by atoms with Crippen molar-refractivity contribution in [3.05, 3.63) is 101 Å². The Hall–Kier alpha value is -4.77. The molecule has 45 heavy (non-hydrogen) atoms. The Morgan fingerprint density at radius 1 is 0.956 bits per heavy atom. The first-order chi connectivity index (χ1) is 21.4. The molecular weight excluding hydrogens is 588 g/mol. The number of benzene rings is 2. The molecule has 1 atom stereocenters. The molecule has 0 saturated heterocycles. The molecule has 5 aromatic rings. The summed E-state index contributed by atoms with van der Waals surface area (Å²) in [5.74, 6) is -0.240. The summed E-state index contributed by atoms with van der Waals surface area (Å²) in [6, 6.07) is 21.0. The zero-order valence-corrected chi connectivity index (χ0v) is 26.8. The van der Waals surface area contributed by atoms with E-state index in [2.05, 4.69) is 35.5 Å². The number of sulfonamides is 1. The van der Waals surface area contributed by atoms with Gasteiger partial charge in [0.2, 0.25) is 11.8 Å². The van der Waals surface area contributed by atoms with Crippen molar-refractivity contribution in [2.24, 2.45) is 5.41 Å². The minimum Gasteiger partial charge on any atom is -0.475 e. The monoisotopic (exact) mass is 624 g/mol. The van der Waals surface area contributed by atoms with E-state index in [4.69, 9.17) is 9.84 Å². The van der Waals surface area contributed by atoms with E-state index in [-0.39, 0.29) is 46.8 Å². The molecule has 1 N–H and O–H groups in total. The fraction of sp³-hybridized carbons (Fsp3) is 0.294. The van der Waals surface area contributed by atoms with Gasteiger partial charge in [0.1, 0.15) is 6.61 Å². The van der Waals surface area contributed by atoms with Crippen LogP contribution in [0.5, 0.6) is 5.88 Å². The Balaban J connectivity index is 1.50. The van der Waals surface area contributed by atoms with E-state index in [0.29, 0.717) is 17.8 Å². The summed E-state index contributed by atoms with van der Waals surface area (Å²) in [7, 11) is -4.15. The third kappa shape index (κ3) is 6.53. The summed E-state index contributed by atoms with van der Waals surface area (Å²) < 4.78 is 37.9. The molecule has 0 spiro atoms. The van der Waals surface area contributed by atoms with Crippen LogP contribution in [0, 0.1) is 19.3 Å². The van der Waals surface area contributed by atoms with Crippen LogP contribution in [0.25, 0.3) is 16.8 Å². The minimum absolute atomic E-state index is 0.0730. The number of fused-ring (bicyclic) bond motifs is 5. The number of anilines is 1. The Labute approximate surface area is 263 Å². The maximum absolute atomic E-state index is 14.3. The largest absolute Gasteiger partial charge is 0.475 e. The van der Waals surface area contributed by atoms with Crippen LogP contribution in [0.1, 0.15) is 54.4 Å². The van der Waals surface area contributed by atoms with E-state index in [1.807, 2.05) is 62.5 Å². The van der Waals surface area contributed by atoms with Gasteiger partial charge >= 0.3 is 0 Å². The van der Waals surface area contributed by atoms with E-state index in [1.54, 1.807) is 27.6 Å². The SMILES string of the molecule is Cc1cccc(C)c1-c1cc2nc(n1)NS(=O)(=O)c1cccc(c1)C(=O)N(Cc1cc3ccccn3n1)[C@H](CC(C)(C)C)CO2. The molecule has 232 valence electrons. The average Bonchev–Trinajstić information content (AvgIpc) is 3.39. The third-order valence-electron chi connectivity index (χ3n) is 7.78. The molecule has 4 heterocycles. The van der Waals surface area contributed by atoms with Crippen molar-refractivity contribution >= 4 is 27.4 Å². The zero-order valence-electron chi connectivity index (χ0n) is 26.0. The van der Waals surface area contributed by atoms with Crippen LogP contribution in [0.3, 0.4) is 0 Å². The van der Waals surface area contributed by atoms with Crippen molar-refractivity contribution in [1.29, 1.82) is 0 Å². The van der Waals surface area contributed by atoms with Gasteiger partial charge in [0.05, 0.1) is 34.4 Å². The Kier molecular flexibility index (Phi) is 7.82. The second-order valence-corrected chi connectivity index (χ2v) is 14.4. The van der Waals surface area contributed by atoms with Crippen molar-refractivity contribution in [1.82, 2.24) is 24.5 Å². The maximum atomic E-state index is 14.3. The molecule has 0 aliphatic carbocycles. The number of rotatable bonds is 4. The van der Waals surface area contributed by atoms with Gasteiger partial charge in [0, 0.05) is 23.4 Å². The first-order valence-electron chi connectivity index (χ1n) is 14.8. The molecule has 1 aliphatic heterocycles. The van der Waals surface area contributed by atoms with Gasteiger partial charge in [0.25, 0.3) is 15.9 Å². The van der Waals surface area contributed by atoms with Crippen molar-refractivity contribution in [2.45, 2.75) is 58.5 Å². The summed E-state index contributed by atoms with van der Waals surface area (Å²) in [5.41, 5.74) is 5.03. The quantitative estimate of drug-likeness (QED) is 0.259. The molecule has 0 unspecified atom stereocenters. The van der Waals surface area contributed by atoms with Crippen LogP contribution in [0.2, 0.25) is 0 Å². The van der Waals surface area contributed by atoms with Crippen LogP contribution >= 0.6 is 0 Å². The number of carbonyl (C=O) groups is 1. The molecular formula is C34H36N6O4S. The van der Waals surface area contributed by atoms with E-state index in [0.717, 1.165) is 22.2 Å². The number of aryl methyl sites for hydroxylation is 2. The van der Waals surface area contributed by atoms with Crippen molar-refractivity contribution in [3.8, 4) is 17.1 Å². The Bertz CT molecular complexity index is 1960. The lowest BCUT2D eigenvalue weighted by Gasteiger charge is -2.35. The highest BCUT2D eigenvalue weighted by Gasteiger charge is 2.32. The van der Waals surface area contributed by atoms with E-state index in [9.17, 15) is 13.2 Å². The normalized spacial score (nSPS) is 16.7. The Morgan fingerprint density at radius 2 is 1.71 bits per heavy atom. The van der Waals surface area contributed by atoms with Crippen LogP contribution in [-0.4, -0.2) is 51.5 Å². The maximum Gasteiger partial charge on any atom is 0.264 e. The second-order valence-electron chi connectivity index (χ2n) is 12.7. The van der Waals surface area contributed by atoms with Gasteiger partial charge in [-0.15, -0.1) is 0 Å². The Morgan fingerprint density at radius 3 is 2.44 bits per heavy atom. The summed E-state index contributed by atoms with van der Waals surface area (Å²) >= 11 is 0. The number of nitrogens with one attached hydrogen (secondary N) is 1. The van der Waals surface area contributed by atoms with Crippen LogP contribution in [0.15, 0.2) is 83.9 Å². The fourth-order valence-electron chi connectivity index (χ4n) is 5.79. The highest BCUT2D eigenvalue weighted by molar-refractivity contribution is 7.92. The fourth-order valence-corrected chi connectivity index (χ4v) is 6.78. The molecule has 0 fully saturated rings. The molecule has 3 aromatic heterocycles. The topological polar surface area (TPSA) is 119 Å². The van der Waals surface area contributed by atoms with Crippen molar-refractivity contribution in [3.63, 3.8) is 0 Å². The van der Waals surface area contributed by atoms with Crippen LogP contribution < -0.4 is 9.46 Å². The highest BCUT2D eigenvalue weighted by atomic mass is 32.2. The zero-order chi connectivity index (χ0) is 31.9. The molecule has 0 radical (unpaired) electrons. The van der Waals surface area contributed by atoms with E-state index >= 15 is 0 Å². The predicted octanol–water partition coefficient (Wildman–Crippen LogP) is 6.05. The lowest BCUT2D eigenvalue weighted by molar-refractivity contribution is 0.0509. The summed E-state index contributed by atoms with van der Waals surface area (Å²) in [6.07, 6.45) is 2.46. The summed E-state index contributed by atoms with van der Waals surface area (Å²) in [5, 5.41) is 4.71. The number of nitrogens with zero attached hydrogens (tertiary/aromatic N) is 5. The number of aromatic nitrogens is 4. The minimum atomic E-state index is -4.15. The molecule has 11 heteroatoms. The van der Waals surface area contributed by atoms with E-state index < -0.39 is 16.1 Å². The van der Waals surface area contributed by atoms with Gasteiger partial charge in [-0.25, -0.2) is 22.6 Å². The van der Waals surface area contributed by atoms with E-state index in [1.165, 1.54) is 12.1 Å². The van der Waals surface area contributed by atoms with Gasteiger partial charge in [-0.2, -0.15) is 10.1 Å². The molecule has 0 saturated carbocycles. The lowest BCUT2D eigenvalue weighted by Crippen LogP contribution is -2.45. The highest BCUT2D eigenvalue weighted by Crippen LogP contribution is 2.31. The smallest absolute Gasteiger partial charge is 0.264 e. The van der Waals surface area contributed by atoms with Gasteiger partial charge in [-0.3, -0.25) is 4.79 Å². The molecule has 1 amide bonds. The van der Waals surface area contributed by atoms with Gasteiger partial charge < -0.3 is 9.64 Å². The first-order valence-corrected chi connectivity index (χ1v) is 16.3. The van der Waals surface area contributed by atoms with Gasteiger partial charge in [0.15, 0.2) is 0 Å². The van der Waals surface area contributed by atoms with Gasteiger partial charge in [-0.05, 0) is 73.2 Å². The van der Waals surface area contributed by atoms with Crippen molar-refractivity contribution in [2.75, 3.05) is 11.3 Å². The number of carbonyl (C=O) groups excluding carboxylic acids is 1. The van der Waals surface area contributed by atoms with Crippen LogP contribution in [0.4, 0.5) is 5.95 Å². The number of hydrogen-bond donors (Lipinski definition) is 1. The number of hydrogen-bond acceptors (Lipinski definition) is 7. The first kappa shape index (κ1) is 30.3. The standard InChI is InChI=1S/C34H36N6O4S/c1-22-10-8-11-23(2)31(22)29-18-30-36-33(35-29)38-45(42,43)28-14-9-12-24(16-28)32(41)39(27(21-44-30)19-34(3,4)5)20-25-17-26-13-6-7-15-40(26)37-25/h6-18,27H,19-21H2,1-5H3,(H,35,36,38)/t27-/m1/s1. The average molecular weight is 625 g/mol. The molecule has 2 aromatic carbocycles. The van der Waals surface area contributed by atoms with Crippen LogP contribution in [-0.2, 0) is 16.6 Å². The molecule has 4 bridgehead atoms. The molecule has 1 aliphatic rings. The molecule has 6 rings (SSSR count). The summed E-state index contributed by atoms with van der Waals surface area (Å²) in [6.45, 7) is 10.6. The van der Waals surface area contributed by atoms with Crippen molar-refractivity contribution < 1.29 is 17.9 Å². The number of pyridine rings is 1. The number of ether oxygens (including phenoxy) is 1. The second kappa shape index (κ2) is 11.6. The third-order valence-corrected chi connectivity index (χ3v) is 9.11.